The first kappa shape index (κ1) is 17.6. The van der Waals surface area contributed by atoms with E-state index in [4.69, 9.17) is 9.72 Å². The number of fused-ring (bicyclic) bond motifs is 3. The molecule has 0 fully saturated rings. The summed E-state index contributed by atoms with van der Waals surface area (Å²) >= 11 is 0. The minimum absolute atomic E-state index is 0.0169. The van der Waals surface area contributed by atoms with Crippen LogP contribution in [0, 0.1) is 12.8 Å². The van der Waals surface area contributed by atoms with Crippen molar-refractivity contribution in [1.29, 1.82) is 0 Å². The van der Waals surface area contributed by atoms with Gasteiger partial charge in [0, 0.05) is 30.8 Å². The Balaban J connectivity index is 1.39. The number of aromatic nitrogens is 2. The zero-order valence-corrected chi connectivity index (χ0v) is 15.9. The minimum Gasteiger partial charge on any atom is -0.497 e. The van der Waals surface area contributed by atoms with Crippen molar-refractivity contribution in [3.8, 4) is 5.75 Å². The summed E-state index contributed by atoms with van der Waals surface area (Å²) in [5.74, 6) is 1.01. The molecule has 0 saturated heterocycles. The number of nitrogens with one attached hydrogen (secondary N) is 1. The maximum atomic E-state index is 12.7. The van der Waals surface area contributed by atoms with Crippen LogP contribution in [0.15, 0.2) is 42.6 Å². The van der Waals surface area contributed by atoms with Crippen molar-refractivity contribution in [2.45, 2.75) is 32.6 Å². The molecule has 1 aliphatic rings. The maximum absolute atomic E-state index is 12.7. The van der Waals surface area contributed by atoms with Gasteiger partial charge in [0.15, 0.2) is 0 Å². The van der Waals surface area contributed by atoms with Crippen LogP contribution < -0.4 is 10.1 Å². The third-order valence-corrected chi connectivity index (χ3v) is 5.34. The molecular formula is C22H25N3O2. The van der Waals surface area contributed by atoms with Gasteiger partial charge in [-0.2, -0.15) is 0 Å². The highest BCUT2D eigenvalue weighted by molar-refractivity contribution is 5.79. The van der Waals surface area contributed by atoms with Gasteiger partial charge in [-0.3, -0.25) is 4.79 Å². The van der Waals surface area contributed by atoms with Crippen LogP contribution in [0.5, 0.6) is 5.75 Å². The molecule has 27 heavy (non-hydrogen) atoms. The van der Waals surface area contributed by atoms with Gasteiger partial charge in [0.05, 0.1) is 12.8 Å². The van der Waals surface area contributed by atoms with Gasteiger partial charge in [-0.15, -0.1) is 0 Å². The molecule has 0 spiro atoms. The fourth-order valence-electron chi connectivity index (χ4n) is 3.84. The standard InChI is InChI=1S/C22H25N3O2/c1-15-6-9-21-24-19-8-7-17(13-20(19)25(21)14-15)22(26)23-11-10-16-4-3-5-18(12-16)27-2/h3-6,9,12,14,17H,7-8,10-11,13H2,1-2H3,(H,23,26). The largest absolute Gasteiger partial charge is 0.497 e. The second kappa shape index (κ2) is 7.43. The first-order valence-electron chi connectivity index (χ1n) is 9.51. The van der Waals surface area contributed by atoms with Crippen molar-refractivity contribution in [2.24, 2.45) is 5.92 Å². The molecule has 2 aromatic heterocycles. The molecule has 0 aliphatic heterocycles. The number of amides is 1. The van der Waals surface area contributed by atoms with E-state index in [0.717, 1.165) is 48.3 Å². The molecule has 140 valence electrons. The Kier molecular flexibility index (Phi) is 4.84. The van der Waals surface area contributed by atoms with Crippen LogP contribution in [0.3, 0.4) is 0 Å². The number of hydrogen-bond acceptors (Lipinski definition) is 3. The van der Waals surface area contributed by atoms with Crippen LogP contribution in [-0.4, -0.2) is 28.9 Å². The molecule has 0 radical (unpaired) electrons. The van der Waals surface area contributed by atoms with Crippen LogP contribution in [0.25, 0.3) is 5.65 Å². The van der Waals surface area contributed by atoms with Gasteiger partial charge >= 0.3 is 0 Å². The molecule has 1 aliphatic carbocycles. The summed E-state index contributed by atoms with van der Waals surface area (Å²) < 4.78 is 7.40. The van der Waals surface area contributed by atoms with Gasteiger partial charge in [0.2, 0.25) is 5.91 Å². The van der Waals surface area contributed by atoms with Gasteiger partial charge in [0.25, 0.3) is 0 Å². The van der Waals surface area contributed by atoms with Gasteiger partial charge < -0.3 is 14.5 Å². The van der Waals surface area contributed by atoms with Crippen molar-refractivity contribution in [1.82, 2.24) is 14.7 Å². The van der Waals surface area contributed by atoms with Gasteiger partial charge in [0.1, 0.15) is 11.4 Å². The fraction of sp³-hybridized carbons (Fsp3) is 0.364. The number of ether oxygens (including phenoxy) is 1. The molecule has 1 N–H and O–H groups in total. The first-order chi connectivity index (χ1) is 13.1. The average Bonchev–Trinajstić information content (AvgIpc) is 3.05. The number of nitrogens with zero attached hydrogens (tertiary/aromatic N) is 2. The van der Waals surface area contributed by atoms with Crippen LogP contribution >= 0.6 is 0 Å². The molecule has 1 amide bonds. The lowest BCUT2D eigenvalue weighted by Gasteiger charge is -2.21. The fourth-order valence-corrected chi connectivity index (χ4v) is 3.84. The Labute approximate surface area is 159 Å². The Morgan fingerprint density at radius 1 is 1.33 bits per heavy atom. The van der Waals surface area contributed by atoms with E-state index in [0.29, 0.717) is 6.54 Å². The zero-order chi connectivity index (χ0) is 18.8. The normalized spacial score (nSPS) is 16.1. The predicted molar refractivity (Wildman–Crippen MR) is 105 cm³/mol. The summed E-state index contributed by atoms with van der Waals surface area (Å²) in [5, 5.41) is 3.11. The summed E-state index contributed by atoms with van der Waals surface area (Å²) in [4.78, 5) is 17.4. The quantitative estimate of drug-likeness (QED) is 0.758. The van der Waals surface area contributed by atoms with E-state index in [1.807, 2.05) is 18.2 Å². The van der Waals surface area contributed by atoms with Gasteiger partial charge in [-0.05, 0) is 55.5 Å². The minimum atomic E-state index is 0.0169. The lowest BCUT2D eigenvalue weighted by atomic mass is 9.89. The lowest BCUT2D eigenvalue weighted by molar-refractivity contribution is -0.125. The van der Waals surface area contributed by atoms with Gasteiger partial charge in [-0.1, -0.05) is 18.2 Å². The molecule has 4 rings (SSSR count). The molecular weight excluding hydrogens is 338 g/mol. The zero-order valence-electron chi connectivity index (χ0n) is 15.9. The predicted octanol–water partition coefficient (Wildman–Crippen LogP) is 3.12. The third-order valence-electron chi connectivity index (χ3n) is 5.34. The van der Waals surface area contributed by atoms with E-state index in [-0.39, 0.29) is 11.8 Å². The highest BCUT2D eigenvalue weighted by Crippen LogP contribution is 2.27. The molecule has 3 aromatic rings. The van der Waals surface area contributed by atoms with Crippen LogP contribution in [0.1, 0.15) is 28.9 Å². The second-order valence-corrected chi connectivity index (χ2v) is 7.27. The maximum Gasteiger partial charge on any atom is 0.223 e. The van der Waals surface area contributed by atoms with E-state index in [1.54, 1.807) is 7.11 Å². The van der Waals surface area contributed by atoms with Crippen molar-refractivity contribution in [3.63, 3.8) is 0 Å². The summed E-state index contributed by atoms with van der Waals surface area (Å²) in [6, 6.07) is 12.1. The number of pyridine rings is 1. The van der Waals surface area contributed by atoms with Crippen LogP contribution in [0.4, 0.5) is 0 Å². The molecule has 0 saturated carbocycles. The van der Waals surface area contributed by atoms with Crippen molar-refractivity contribution >= 4 is 11.6 Å². The Bertz CT molecular complexity index is 977. The SMILES string of the molecule is COc1cccc(CCNC(=O)C2CCc3nc4ccc(C)cn4c3C2)c1. The average molecular weight is 363 g/mol. The highest BCUT2D eigenvalue weighted by Gasteiger charge is 2.27. The molecule has 0 bridgehead atoms. The summed E-state index contributed by atoms with van der Waals surface area (Å²) in [6.45, 7) is 2.72. The number of rotatable bonds is 5. The van der Waals surface area contributed by atoms with E-state index >= 15 is 0 Å². The Hall–Kier alpha value is -2.82. The number of hydrogen-bond donors (Lipinski definition) is 1. The number of methoxy groups -OCH3 is 1. The van der Waals surface area contributed by atoms with E-state index < -0.39 is 0 Å². The topological polar surface area (TPSA) is 55.6 Å². The van der Waals surface area contributed by atoms with Crippen molar-refractivity contribution in [3.05, 3.63) is 65.1 Å². The highest BCUT2D eigenvalue weighted by atomic mass is 16.5. The number of carbonyl (C=O) groups is 1. The Morgan fingerprint density at radius 2 is 2.22 bits per heavy atom. The molecule has 2 heterocycles. The summed E-state index contributed by atoms with van der Waals surface area (Å²) in [7, 11) is 1.67. The summed E-state index contributed by atoms with van der Waals surface area (Å²) in [6.07, 6.45) is 5.40. The second-order valence-electron chi connectivity index (χ2n) is 7.27. The first-order valence-corrected chi connectivity index (χ1v) is 9.51. The lowest BCUT2D eigenvalue weighted by Crippen LogP contribution is -2.35. The van der Waals surface area contributed by atoms with Crippen LogP contribution in [-0.2, 0) is 24.1 Å². The van der Waals surface area contributed by atoms with Crippen molar-refractivity contribution < 1.29 is 9.53 Å². The number of aryl methyl sites for hydroxylation is 2. The van der Waals surface area contributed by atoms with E-state index in [9.17, 15) is 4.79 Å². The molecule has 5 nitrogen and oxygen atoms in total. The number of benzene rings is 1. The third kappa shape index (κ3) is 3.68. The van der Waals surface area contributed by atoms with E-state index in [2.05, 4.69) is 41.0 Å². The molecule has 5 heteroatoms. The van der Waals surface area contributed by atoms with E-state index in [1.165, 1.54) is 11.3 Å². The Morgan fingerprint density at radius 3 is 3.07 bits per heavy atom. The smallest absolute Gasteiger partial charge is 0.223 e. The summed E-state index contributed by atoms with van der Waals surface area (Å²) in [5.41, 5.74) is 5.67. The molecule has 1 aromatic carbocycles. The number of imidazole rings is 1. The van der Waals surface area contributed by atoms with Crippen molar-refractivity contribution in [2.75, 3.05) is 13.7 Å². The number of carbonyl (C=O) groups excluding carboxylic acids is 1. The van der Waals surface area contributed by atoms with Crippen LogP contribution in [0.2, 0.25) is 0 Å². The molecule has 1 atom stereocenters. The van der Waals surface area contributed by atoms with Gasteiger partial charge in [-0.25, -0.2) is 4.98 Å². The molecule has 1 unspecified atom stereocenters. The monoisotopic (exact) mass is 363 g/mol.